The van der Waals surface area contributed by atoms with Crippen molar-refractivity contribution in [1.29, 1.82) is 5.26 Å². The fraction of sp³-hybridized carbons (Fsp3) is 0.321. The van der Waals surface area contributed by atoms with Gasteiger partial charge in [-0.3, -0.25) is 9.59 Å². The highest BCUT2D eigenvalue weighted by Crippen LogP contribution is 2.52. The minimum atomic E-state index is -6.40. The topological polar surface area (TPSA) is 143 Å². The SMILES string of the molecule is Cc1cc(C#N)cc(C(=O)NCC2CC2)c1NC(=O)c1cc(Cn2ncc(C(F)(C(F)(F)F)C(F)(F)F)n2)nn1-c1ncccc1Cl. The van der Waals surface area contributed by atoms with Gasteiger partial charge in [0.2, 0.25) is 0 Å². The summed E-state index contributed by atoms with van der Waals surface area (Å²) >= 11 is 6.27. The van der Waals surface area contributed by atoms with E-state index in [-0.39, 0.29) is 45.2 Å². The molecule has 0 spiro atoms. The molecule has 0 saturated heterocycles. The van der Waals surface area contributed by atoms with Crippen LogP contribution in [0.15, 0.2) is 42.7 Å². The number of carbonyl (C=O) groups excluding carboxylic acids is 2. The molecule has 0 unspecified atom stereocenters. The Bertz CT molecular complexity index is 1880. The molecule has 2 amide bonds. The van der Waals surface area contributed by atoms with E-state index in [1.807, 2.05) is 6.07 Å². The van der Waals surface area contributed by atoms with Crippen LogP contribution in [0.1, 0.15) is 56.2 Å². The lowest BCUT2D eigenvalue weighted by atomic mass is 10.0. The van der Waals surface area contributed by atoms with E-state index in [1.165, 1.54) is 30.5 Å². The number of aromatic nitrogens is 6. The highest BCUT2D eigenvalue weighted by molar-refractivity contribution is 6.32. The number of alkyl halides is 7. The second kappa shape index (κ2) is 12.3. The van der Waals surface area contributed by atoms with E-state index in [4.69, 9.17) is 11.6 Å². The lowest BCUT2D eigenvalue weighted by Gasteiger charge is -2.27. The predicted octanol–water partition coefficient (Wildman–Crippen LogP) is 5.42. The van der Waals surface area contributed by atoms with Crippen LogP contribution in [0.25, 0.3) is 5.82 Å². The summed E-state index contributed by atoms with van der Waals surface area (Å²) in [6, 6.07) is 8.69. The van der Waals surface area contributed by atoms with Crippen LogP contribution in [0, 0.1) is 24.2 Å². The Kier molecular flexibility index (Phi) is 8.71. The molecular weight excluding hydrogens is 663 g/mol. The zero-order chi connectivity index (χ0) is 34.3. The Hall–Kier alpha value is -5.05. The number of hydrogen-bond donors (Lipinski definition) is 2. The molecule has 1 aliphatic carbocycles. The summed E-state index contributed by atoms with van der Waals surface area (Å²) in [5.41, 5.74) is -7.75. The molecule has 1 fully saturated rings. The molecule has 3 aromatic heterocycles. The van der Waals surface area contributed by atoms with Gasteiger partial charge in [-0.15, -0.1) is 0 Å². The van der Waals surface area contributed by atoms with E-state index in [0.717, 1.165) is 23.6 Å². The molecule has 0 aliphatic heterocycles. The Labute approximate surface area is 265 Å². The maximum atomic E-state index is 14.5. The van der Waals surface area contributed by atoms with Crippen molar-refractivity contribution in [2.24, 2.45) is 5.92 Å². The van der Waals surface area contributed by atoms with Gasteiger partial charge < -0.3 is 10.6 Å². The zero-order valence-corrected chi connectivity index (χ0v) is 24.7. The summed E-state index contributed by atoms with van der Waals surface area (Å²) in [7, 11) is 0. The van der Waals surface area contributed by atoms with Crippen LogP contribution in [-0.4, -0.2) is 60.5 Å². The summed E-state index contributed by atoms with van der Waals surface area (Å²) in [4.78, 5) is 31.2. The van der Waals surface area contributed by atoms with Crippen molar-refractivity contribution in [3.8, 4) is 11.9 Å². The molecule has 1 saturated carbocycles. The Morgan fingerprint density at radius 3 is 2.38 bits per heavy atom. The highest BCUT2D eigenvalue weighted by atomic mass is 35.5. The first-order valence-corrected chi connectivity index (χ1v) is 14.0. The van der Waals surface area contributed by atoms with Crippen LogP contribution < -0.4 is 10.6 Å². The number of nitrogens with zero attached hydrogens (tertiary/aromatic N) is 7. The van der Waals surface area contributed by atoms with Crippen molar-refractivity contribution in [1.82, 2.24) is 35.1 Å². The van der Waals surface area contributed by atoms with Crippen molar-refractivity contribution in [3.05, 3.63) is 81.5 Å². The van der Waals surface area contributed by atoms with Crippen LogP contribution in [0.4, 0.5) is 36.4 Å². The average molecular weight is 684 g/mol. The summed E-state index contributed by atoms with van der Waals surface area (Å²) in [5.74, 6) is -1.19. The molecule has 4 aromatic rings. The smallest absolute Gasteiger partial charge is 0.352 e. The second-order valence-corrected chi connectivity index (χ2v) is 11.0. The fourth-order valence-electron chi connectivity index (χ4n) is 4.52. The number of carbonyl (C=O) groups is 2. The number of rotatable bonds is 9. The summed E-state index contributed by atoms with van der Waals surface area (Å²) in [6.45, 7) is 1.24. The molecule has 3 heterocycles. The Morgan fingerprint density at radius 2 is 1.77 bits per heavy atom. The van der Waals surface area contributed by atoms with E-state index in [0.29, 0.717) is 22.8 Å². The van der Waals surface area contributed by atoms with E-state index >= 15 is 0 Å². The Morgan fingerprint density at radius 1 is 1.06 bits per heavy atom. The first-order valence-electron chi connectivity index (χ1n) is 13.6. The molecule has 1 aromatic carbocycles. The molecule has 5 rings (SSSR count). The first-order chi connectivity index (χ1) is 22.0. The molecule has 2 N–H and O–H groups in total. The number of hydrogen-bond acceptors (Lipinski definition) is 7. The summed E-state index contributed by atoms with van der Waals surface area (Å²) in [6.07, 6.45) is -9.58. The number of nitriles is 1. The minimum absolute atomic E-state index is 0.00274. The van der Waals surface area contributed by atoms with Crippen molar-refractivity contribution in [3.63, 3.8) is 0 Å². The molecule has 246 valence electrons. The van der Waals surface area contributed by atoms with Crippen molar-refractivity contribution in [2.75, 3.05) is 11.9 Å². The average Bonchev–Trinajstić information content (AvgIpc) is 3.56. The van der Waals surface area contributed by atoms with E-state index < -0.39 is 42.1 Å². The third kappa shape index (κ3) is 6.61. The quantitative estimate of drug-likeness (QED) is 0.224. The van der Waals surface area contributed by atoms with Gasteiger partial charge in [-0.05, 0) is 61.6 Å². The van der Waals surface area contributed by atoms with Crippen LogP contribution in [0.3, 0.4) is 0 Å². The molecule has 19 heteroatoms. The van der Waals surface area contributed by atoms with Crippen molar-refractivity contribution in [2.45, 2.75) is 44.3 Å². The number of benzene rings is 1. The second-order valence-electron chi connectivity index (χ2n) is 10.6. The van der Waals surface area contributed by atoms with Gasteiger partial charge in [0.15, 0.2) is 5.82 Å². The van der Waals surface area contributed by atoms with Crippen LogP contribution in [0.5, 0.6) is 0 Å². The predicted molar refractivity (Wildman–Crippen MR) is 149 cm³/mol. The molecule has 0 atom stereocenters. The van der Waals surface area contributed by atoms with Crippen molar-refractivity contribution >= 4 is 29.1 Å². The molecular formula is C28H21ClF7N9O2. The van der Waals surface area contributed by atoms with Gasteiger partial charge in [0.1, 0.15) is 17.9 Å². The van der Waals surface area contributed by atoms with Gasteiger partial charge in [-0.2, -0.15) is 51.7 Å². The number of nitrogens with one attached hydrogen (secondary N) is 2. The maximum absolute atomic E-state index is 14.5. The van der Waals surface area contributed by atoms with Gasteiger partial charge >= 0.3 is 18.0 Å². The van der Waals surface area contributed by atoms with Crippen LogP contribution in [0.2, 0.25) is 5.02 Å². The number of pyridine rings is 1. The standard InChI is InChI=1S/C28H21ClF7N9O2/c1-14-7-16(10-37)8-18(24(46)39-11-15-4-5-15)22(14)41-25(47)20-9-17(42-45(20)23-19(29)3-2-6-38-23)13-44-40-12-21(43-44)26(30,27(31,32)33)28(34,35)36/h2-3,6-9,12,15H,4-5,11,13H2,1H3,(H,39,46)(H,41,47). The minimum Gasteiger partial charge on any atom is -0.352 e. The molecule has 0 radical (unpaired) electrons. The summed E-state index contributed by atoms with van der Waals surface area (Å²) < 4.78 is 94.7. The largest absolute Gasteiger partial charge is 0.437 e. The van der Waals surface area contributed by atoms with Gasteiger partial charge in [-0.25, -0.2) is 14.1 Å². The molecule has 0 bridgehead atoms. The monoisotopic (exact) mass is 683 g/mol. The highest BCUT2D eigenvalue weighted by Gasteiger charge is 2.75. The molecule has 11 nitrogen and oxygen atoms in total. The third-order valence-corrected chi connectivity index (χ3v) is 7.40. The number of anilines is 1. The Balaban J connectivity index is 1.51. The molecule has 1 aliphatic rings. The van der Waals surface area contributed by atoms with Gasteiger partial charge in [0.05, 0.1) is 39.8 Å². The lowest BCUT2D eigenvalue weighted by molar-refractivity contribution is -0.350. The van der Waals surface area contributed by atoms with Gasteiger partial charge in [0.25, 0.3) is 11.8 Å². The fourth-order valence-corrected chi connectivity index (χ4v) is 4.72. The lowest BCUT2D eigenvalue weighted by Crippen LogP contribution is -2.50. The van der Waals surface area contributed by atoms with E-state index in [2.05, 4.69) is 30.9 Å². The number of aryl methyl sites for hydroxylation is 1. The number of halogens is 8. The number of amides is 2. The normalized spacial score (nSPS) is 13.7. The zero-order valence-electron chi connectivity index (χ0n) is 23.9. The van der Waals surface area contributed by atoms with E-state index in [1.54, 1.807) is 6.92 Å². The summed E-state index contributed by atoms with van der Waals surface area (Å²) in [5, 5.41) is 25.4. The maximum Gasteiger partial charge on any atom is 0.437 e. The van der Waals surface area contributed by atoms with Crippen LogP contribution in [-0.2, 0) is 12.2 Å². The third-order valence-electron chi connectivity index (χ3n) is 7.10. The first kappa shape index (κ1) is 33.3. The van der Waals surface area contributed by atoms with Gasteiger partial charge in [-0.1, -0.05) is 11.6 Å². The van der Waals surface area contributed by atoms with Crippen LogP contribution >= 0.6 is 11.6 Å². The molecule has 47 heavy (non-hydrogen) atoms. The van der Waals surface area contributed by atoms with Crippen molar-refractivity contribution < 1.29 is 40.3 Å². The van der Waals surface area contributed by atoms with Gasteiger partial charge in [0, 0.05) is 12.7 Å². The van der Waals surface area contributed by atoms with E-state index in [9.17, 15) is 45.6 Å².